The summed E-state index contributed by atoms with van der Waals surface area (Å²) in [5, 5.41) is 0. The van der Waals surface area contributed by atoms with Gasteiger partial charge in [-0.1, -0.05) is 0 Å². The molecule has 0 spiro atoms. The Bertz CT molecular complexity index is 538. The van der Waals surface area contributed by atoms with Gasteiger partial charge in [-0.05, 0) is 31.0 Å². The smallest absolute Gasteiger partial charge is 0.253 e. The molecule has 0 unspecified atom stereocenters. The van der Waals surface area contributed by atoms with Crippen LogP contribution in [0, 0.1) is 0 Å². The van der Waals surface area contributed by atoms with Crippen LogP contribution in [0.5, 0.6) is 5.75 Å². The predicted octanol–water partition coefficient (Wildman–Crippen LogP) is 1.22. The second-order valence-corrected chi connectivity index (χ2v) is 6.05. The van der Waals surface area contributed by atoms with Crippen LogP contribution in [0.4, 0.5) is 5.69 Å². The molecule has 2 saturated heterocycles. The monoisotopic (exact) mass is 319 g/mol. The van der Waals surface area contributed by atoms with Crippen LogP contribution in [0.3, 0.4) is 0 Å². The van der Waals surface area contributed by atoms with Gasteiger partial charge >= 0.3 is 0 Å². The van der Waals surface area contributed by atoms with Crippen molar-refractivity contribution in [1.29, 1.82) is 0 Å². The van der Waals surface area contributed by atoms with Crippen LogP contribution in [0.1, 0.15) is 23.2 Å². The van der Waals surface area contributed by atoms with Crippen molar-refractivity contribution < 1.29 is 14.3 Å². The first kappa shape index (κ1) is 16.1. The lowest BCUT2D eigenvalue weighted by molar-refractivity contribution is 0.0323. The molecule has 3 rings (SSSR count). The number of carbonyl (C=O) groups excluding carboxylic acids is 1. The first-order valence-corrected chi connectivity index (χ1v) is 8.36. The molecule has 6 nitrogen and oxygen atoms in total. The summed E-state index contributed by atoms with van der Waals surface area (Å²) >= 11 is 0. The van der Waals surface area contributed by atoms with Crippen molar-refractivity contribution in [3.63, 3.8) is 0 Å². The number of nitrogens with zero attached hydrogens (tertiary/aromatic N) is 2. The minimum atomic E-state index is 0.0699. The summed E-state index contributed by atoms with van der Waals surface area (Å²) < 4.78 is 11.1. The van der Waals surface area contributed by atoms with E-state index in [2.05, 4.69) is 4.90 Å². The van der Waals surface area contributed by atoms with E-state index in [4.69, 9.17) is 15.2 Å². The van der Waals surface area contributed by atoms with Gasteiger partial charge in [0.2, 0.25) is 0 Å². The van der Waals surface area contributed by atoms with E-state index in [0.29, 0.717) is 23.6 Å². The molecule has 2 aliphatic rings. The maximum absolute atomic E-state index is 12.4. The van der Waals surface area contributed by atoms with Gasteiger partial charge in [0.15, 0.2) is 0 Å². The number of morpholine rings is 1. The number of carbonyl (C=O) groups is 1. The Hall–Kier alpha value is -1.79. The number of benzene rings is 1. The third-order valence-corrected chi connectivity index (χ3v) is 4.42. The van der Waals surface area contributed by atoms with Crippen molar-refractivity contribution in [1.82, 2.24) is 9.80 Å². The molecule has 2 aliphatic heterocycles. The predicted molar refractivity (Wildman–Crippen MR) is 88.7 cm³/mol. The van der Waals surface area contributed by atoms with Crippen molar-refractivity contribution in [3.05, 3.63) is 23.8 Å². The summed E-state index contributed by atoms with van der Waals surface area (Å²) in [6.07, 6.45) is 2.17. The van der Waals surface area contributed by atoms with Crippen LogP contribution in [-0.4, -0.2) is 68.3 Å². The number of ether oxygens (including phenoxy) is 2. The van der Waals surface area contributed by atoms with Crippen LogP contribution in [0.15, 0.2) is 18.2 Å². The highest BCUT2D eigenvalue weighted by atomic mass is 16.5. The van der Waals surface area contributed by atoms with E-state index < -0.39 is 0 Å². The maximum atomic E-state index is 12.4. The number of anilines is 1. The van der Waals surface area contributed by atoms with Gasteiger partial charge < -0.3 is 20.1 Å². The zero-order valence-corrected chi connectivity index (χ0v) is 13.5. The molecule has 1 aromatic rings. The molecule has 0 aliphatic carbocycles. The molecule has 1 aromatic carbocycles. The first-order valence-electron chi connectivity index (χ1n) is 8.36. The summed E-state index contributed by atoms with van der Waals surface area (Å²) in [5.74, 6) is 0.670. The van der Waals surface area contributed by atoms with E-state index in [9.17, 15) is 4.79 Å². The SMILES string of the molecule is Nc1ccc(C(=O)N2CCCC2)cc1OCCN1CCOCC1. The fourth-order valence-corrected chi connectivity index (χ4v) is 3.00. The van der Waals surface area contributed by atoms with Crippen molar-refractivity contribution in [3.8, 4) is 5.75 Å². The molecule has 0 atom stereocenters. The van der Waals surface area contributed by atoms with Crippen LogP contribution in [0.2, 0.25) is 0 Å². The van der Waals surface area contributed by atoms with Crippen molar-refractivity contribution in [2.45, 2.75) is 12.8 Å². The van der Waals surface area contributed by atoms with Gasteiger partial charge in [-0.25, -0.2) is 0 Å². The third kappa shape index (κ3) is 4.14. The lowest BCUT2D eigenvalue weighted by Crippen LogP contribution is -2.38. The topological polar surface area (TPSA) is 68.0 Å². The second-order valence-electron chi connectivity index (χ2n) is 6.05. The summed E-state index contributed by atoms with van der Waals surface area (Å²) in [6, 6.07) is 5.31. The Morgan fingerprint density at radius 1 is 1.17 bits per heavy atom. The quantitative estimate of drug-likeness (QED) is 0.827. The highest BCUT2D eigenvalue weighted by Gasteiger charge is 2.20. The number of amides is 1. The van der Waals surface area contributed by atoms with Gasteiger partial charge in [-0.15, -0.1) is 0 Å². The maximum Gasteiger partial charge on any atom is 0.253 e. The normalized spacial score (nSPS) is 19.0. The molecular weight excluding hydrogens is 294 g/mol. The summed E-state index contributed by atoms with van der Waals surface area (Å²) in [5.41, 5.74) is 7.21. The molecular formula is C17H25N3O3. The molecule has 6 heteroatoms. The summed E-state index contributed by atoms with van der Waals surface area (Å²) in [6.45, 7) is 6.52. The third-order valence-electron chi connectivity index (χ3n) is 4.42. The average Bonchev–Trinajstić information content (AvgIpc) is 3.11. The molecule has 0 bridgehead atoms. The average molecular weight is 319 g/mol. The standard InChI is InChI=1S/C17H25N3O3/c18-15-4-3-14(17(21)20-5-1-2-6-20)13-16(15)23-12-9-19-7-10-22-11-8-19/h3-4,13H,1-2,5-12,18H2. The Balaban J connectivity index is 1.57. The number of nitrogen functional groups attached to an aromatic ring is 1. The fraction of sp³-hybridized carbons (Fsp3) is 0.588. The highest BCUT2D eigenvalue weighted by Crippen LogP contribution is 2.24. The molecule has 0 radical (unpaired) electrons. The van der Waals surface area contributed by atoms with Crippen molar-refractivity contribution in [2.24, 2.45) is 0 Å². The lowest BCUT2D eigenvalue weighted by atomic mass is 10.1. The van der Waals surface area contributed by atoms with Gasteiger partial charge in [0, 0.05) is 38.3 Å². The Morgan fingerprint density at radius 3 is 2.65 bits per heavy atom. The second kappa shape index (κ2) is 7.66. The van der Waals surface area contributed by atoms with Gasteiger partial charge in [-0.3, -0.25) is 9.69 Å². The highest BCUT2D eigenvalue weighted by molar-refractivity contribution is 5.95. The van der Waals surface area contributed by atoms with E-state index >= 15 is 0 Å². The number of hydrogen-bond donors (Lipinski definition) is 1. The minimum Gasteiger partial charge on any atom is -0.490 e. The van der Waals surface area contributed by atoms with Gasteiger partial charge in [-0.2, -0.15) is 0 Å². The van der Waals surface area contributed by atoms with Gasteiger partial charge in [0.1, 0.15) is 12.4 Å². The molecule has 126 valence electrons. The fourth-order valence-electron chi connectivity index (χ4n) is 3.00. The molecule has 2 N–H and O–H groups in total. The number of likely N-dealkylation sites (tertiary alicyclic amines) is 1. The van der Waals surface area contributed by atoms with Crippen molar-refractivity contribution in [2.75, 3.05) is 58.3 Å². The van der Waals surface area contributed by atoms with E-state index in [0.717, 1.165) is 58.8 Å². The molecule has 1 amide bonds. The Kier molecular flexibility index (Phi) is 5.35. The lowest BCUT2D eigenvalue weighted by Gasteiger charge is -2.26. The number of nitrogens with two attached hydrogens (primary N) is 1. The van der Waals surface area contributed by atoms with E-state index in [1.165, 1.54) is 0 Å². The van der Waals surface area contributed by atoms with E-state index in [-0.39, 0.29) is 5.91 Å². The minimum absolute atomic E-state index is 0.0699. The first-order chi connectivity index (χ1) is 11.2. The van der Waals surface area contributed by atoms with Crippen LogP contribution >= 0.6 is 0 Å². The molecule has 0 aromatic heterocycles. The number of hydrogen-bond acceptors (Lipinski definition) is 5. The van der Waals surface area contributed by atoms with Crippen LogP contribution in [-0.2, 0) is 4.74 Å². The number of rotatable bonds is 5. The van der Waals surface area contributed by atoms with E-state index in [1.54, 1.807) is 18.2 Å². The summed E-state index contributed by atoms with van der Waals surface area (Å²) in [7, 11) is 0. The Morgan fingerprint density at radius 2 is 1.91 bits per heavy atom. The van der Waals surface area contributed by atoms with E-state index in [1.807, 2.05) is 4.90 Å². The largest absolute Gasteiger partial charge is 0.490 e. The molecule has 2 fully saturated rings. The Labute approximate surface area is 137 Å². The zero-order valence-electron chi connectivity index (χ0n) is 13.5. The van der Waals surface area contributed by atoms with Crippen LogP contribution in [0.25, 0.3) is 0 Å². The zero-order chi connectivity index (χ0) is 16.1. The van der Waals surface area contributed by atoms with Gasteiger partial charge in [0.05, 0.1) is 18.9 Å². The summed E-state index contributed by atoms with van der Waals surface area (Å²) in [4.78, 5) is 16.6. The van der Waals surface area contributed by atoms with Crippen molar-refractivity contribution >= 4 is 11.6 Å². The molecule has 23 heavy (non-hydrogen) atoms. The molecule has 2 heterocycles. The molecule has 0 saturated carbocycles. The van der Waals surface area contributed by atoms with Crippen LogP contribution < -0.4 is 10.5 Å². The van der Waals surface area contributed by atoms with Gasteiger partial charge in [0.25, 0.3) is 5.91 Å².